The quantitative estimate of drug-likeness (QED) is 0.713. The fourth-order valence-corrected chi connectivity index (χ4v) is 3.34. The van der Waals surface area contributed by atoms with Crippen molar-refractivity contribution in [1.82, 2.24) is 10.2 Å². The van der Waals surface area contributed by atoms with Crippen LogP contribution >= 0.6 is 0 Å². The van der Waals surface area contributed by atoms with Gasteiger partial charge in [-0.05, 0) is 32.4 Å². The van der Waals surface area contributed by atoms with Crippen LogP contribution in [0, 0.1) is 0 Å². The van der Waals surface area contributed by atoms with Crippen molar-refractivity contribution >= 4 is 0 Å². The van der Waals surface area contributed by atoms with Gasteiger partial charge in [-0.15, -0.1) is 0 Å². The highest BCUT2D eigenvalue weighted by molar-refractivity contribution is 4.88. The largest absolute Gasteiger partial charge is 0.391 e. The molecule has 2 N–H and O–H groups in total. The van der Waals surface area contributed by atoms with Crippen molar-refractivity contribution in [3.05, 3.63) is 0 Å². The first kappa shape index (κ1) is 12.3. The summed E-state index contributed by atoms with van der Waals surface area (Å²) < 4.78 is 0. The van der Waals surface area contributed by atoms with Gasteiger partial charge < -0.3 is 10.4 Å². The molecule has 3 unspecified atom stereocenters. The average Bonchev–Trinajstić information content (AvgIpc) is 2.72. The minimum absolute atomic E-state index is 0.0944. The van der Waals surface area contributed by atoms with Crippen molar-refractivity contribution in [1.29, 1.82) is 0 Å². The Morgan fingerprint density at radius 1 is 1.19 bits per heavy atom. The smallest absolute Gasteiger partial charge is 0.0695 e. The summed E-state index contributed by atoms with van der Waals surface area (Å²) in [4.78, 5) is 2.55. The van der Waals surface area contributed by atoms with Crippen molar-refractivity contribution in [3.63, 3.8) is 0 Å². The molecule has 0 aromatic carbocycles. The molecule has 3 atom stereocenters. The van der Waals surface area contributed by atoms with E-state index in [0.717, 1.165) is 26.1 Å². The molecular weight excluding hydrogens is 200 g/mol. The number of hydrogen-bond donors (Lipinski definition) is 2. The maximum absolute atomic E-state index is 10.2. The van der Waals surface area contributed by atoms with Gasteiger partial charge in [0.15, 0.2) is 0 Å². The Morgan fingerprint density at radius 2 is 2.00 bits per heavy atom. The first-order valence-electron chi connectivity index (χ1n) is 6.97. The highest BCUT2D eigenvalue weighted by atomic mass is 16.3. The molecule has 0 aromatic heterocycles. The van der Waals surface area contributed by atoms with Crippen LogP contribution in [0.4, 0.5) is 0 Å². The summed E-state index contributed by atoms with van der Waals surface area (Å²) in [5, 5.41) is 13.7. The van der Waals surface area contributed by atoms with Gasteiger partial charge in [0.1, 0.15) is 0 Å². The van der Waals surface area contributed by atoms with Gasteiger partial charge in [0, 0.05) is 18.6 Å². The van der Waals surface area contributed by atoms with Gasteiger partial charge in [0.05, 0.1) is 6.10 Å². The number of rotatable bonds is 3. The molecule has 2 aliphatic rings. The second-order valence-corrected chi connectivity index (χ2v) is 5.25. The molecule has 1 saturated heterocycles. The lowest BCUT2D eigenvalue weighted by atomic mass is 10.0. The van der Waals surface area contributed by atoms with Crippen LogP contribution < -0.4 is 5.32 Å². The van der Waals surface area contributed by atoms with Gasteiger partial charge in [-0.1, -0.05) is 26.2 Å². The third-order valence-corrected chi connectivity index (χ3v) is 4.24. The van der Waals surface area contributed by atoms with Crippen LogP contribution in [-0.2, 0) is 0 Å². The van der Waals surface area contributed by atoms with Gasteiger partial charge in [-0.25, -0.2) is 0 Å². The maximum Gasteiger partial charge on any atom is 0.0695 e. The standard InChI is InChI=1S/C13H26N2O/c1-2-15(11-8-9-14-10-11)12-6-4-3-5-7-13(12)16/h11-14,16H,2-10H2,1H3. The molecule has 0 radical (unpaired) electrons. The summed E-state index contributed by atoms with van der Waals surface area (Å²) in [5.74, 6) is 0. The number of aliphatic hydroxyl groups is 1. The monoisotopic (exact) mass is 226 g/mol. The highest BCUT2D eigenvalue weighted by Gasteiger charge is 2.32. The summed E-state index contributed by atoms with van der Waals surface area (Å²) in [7, 11) is 0. The topological polar surface area (TPSA) is 35.5 Å². The molecule has 3 nitrogen and oxygen atoms in total. The van der Waals surface area contributed by atoms with Crippen LogP contribution in [0.15, 0.2) is 0 Å². The van der Waals surface area contributed by atoms with E-state index in [9.17, 15) is 5.11 Å². The molecule has 0 amide bonds. The molecule has 2 rings (SSSR count). The van der Waals surface area contributed by atoms with E-state index in [1.54, 1.807) is 0 Å². The molecule has 16 heavy (non-hydrogen) atoms. The van der Waals surface area contributed by atoms with Crippen molar-refractivity contribution in [2.24, 2.45) is 0 Å². The van der Waals surface area contributed by atoms with Crippen molar-refractivity contribution in [3.8, 4) is 0 Å². The normalized spacial score (nSPS) is 36.6. The molecular formula is C13H26N2O. The molecule has 1 saturated carbocycles. The van der Waals surface area contributed by atoms with E-state index in [2.05, 4.69) is 17.1 Å². The fraction of sp³-hybridized carbons (Fsp3) is 1.00. The third kappa shape index (κ3) is 2.76. The molecule has 3 heteroatoms. The second kappa shape index (κ2) is 5.99. The summed E-state index contributed by atoms with van der Waals surface area (Å²) in [6, 6.07) is 1.07. The molecule has 1 aliphatic heterocycles. The summed E-state index contributed by atoms with van der Waals surface area (Å²) in [6.45, 7) is 5.56. The fourth-order valence-electron chi connectivity index (χ4n) is 3.34. The summed E-state index contributed by atoms with van der Waals surface area (Å²) >= 11 is 0. The predicted octanol–water partition coefficient (Wildman–Crippen LogP) is 1.36. The highest BCUT2D eigenvalue weighted by Crippen LogP contribution is 2.25. The van der Waals surface area contributed by atoms with Crippen LogP contribution in [0.3, 0.4) is 0 Å². The summed E-state index contributed by atoms with van der Waals surface area (Å²) in [5.41, 5.74) is 0. The number of aliphatic hydroxyl groups excluding tert-OH is 1. The molecule has 2 fully saturated rings. The first-order valence-corrected chi connectivity index (χ1v) is 6.97. The van der Waals surface area contributed by atoms with Crippen LogP contribution in [-0.4, -0.2) is 47.8 Å². The van der Waals surface area contributed by atoms with Crippen LogP contribution in [0.1, 0.15) is 45.4 Å². The average molecular weight is 226 g/mol. The number of nitrogens with zero attached hydrogens (tertiary/aromatic N) is 1. The molecule has 1 heterocycles. The van der Waals surface area contributed by atoms with Gasteiger partial charge in [-0.2, -0.15) is 0 Å². The lowest BCUT2D eigenvalue weighted by Gasteiger charge is -2.37. The Labute approximate surface area is 99.2 Å². The lowest BCUT2D eigenvalue weighted by molar-refractivity contribution is 0.0267. The van der Waals surface area contributed by atoms with E-state index in [1.165, 1.54) is 32.1 Å². The molecule has 0 aromatic rings. The Morgan fingerprint density at radius 3 is 2.69 bits per heavy atom. The van der Waals surface area contributed by atoms with E-state index >= 15 is 0 Å². The van der Waals surface area contributed by atoms with Gasteiger partial charge >= 0.3 is 0 Å². The molecule has 1 aliphatic carbocycles. The minimum atomic E-state index is -0.0944. The van der Waals surface area contributed by atoms with E-state index in [0.29, 0.717) is 12.1 Å². The van der Waals surface area contributed by atoms with Gasteiger partial charge in [-0.3, -0.25) is 4.90 Å². The SMILES string of the molecule is CCN(C1CCNC1)C1CCCCCC1O. The van der Waals surface area contributed by atoms with E-state index in [1.807, 2.05) is 0 Å². The van der Waals surface area contributed by atoms with Crippen molar-refractivity contribution in [2.45, 2.75) is 63.6 Å². The van der Waals surface area contributed by atoms with E-state index in [4.69, 9.17) is 0 Å². The van der Waals surface area contributed by atoms with Crippen LogP contribution in [0.5, 0.6) is 0 Å². The zero-order chi connectivity index (χ0) is 11.4. The van der Waals surface area contributed by atoms with Crippen molar-refractivity contribution < 1.29 is 5.11 Å². The summed E-state index contributed by atoms with van der Waals surface area (Å²) in [6.07, 6.45) is 7.14. The number of nitrogens with one attached hydrogen (secondary N) is 1. The van der Waals surface area contributed by atoms with E-state index < -0.39 is 0 Å². The van der Waals surface area contributed by atoms with Gasteiger partial charge in [0.25, 0.3) is 0 Å². The number of likely N-dealkylation sites (N-methyl/N-ethyl adjacent to an activating group) is 1. The van der Waals surface area contributed by atoms with E-state index in [-0.39, 0.29) is 6.10 Å². The lowest BCUT2D eigenvalue weighted by Crippen LogP contribution is -2.49. The Balaban J connectivity index is 1.99. The Kier molecular flexibility index (Phi) is 4.62. The predicted molar refractivity (Wildman–Crippen MR) is 66.5 cm³/mol. The van der Waals surface area contributed by atoms with Crippen LogP contribution in [0.2, 0.25) is 0 Å². The minimum Gasteiger partial charge on any atom is -0.391 e. The Bertz CT molecular complexity index is 204. The third-order valence-electron chi connectivity index (χ3n) is 4.24. The molecule has 0 bridgehead atoms. The number of hydrogen-bond acceptors (Lipinski definition) is 3. The zero-order valence-corrected chi connectivity index (χ0v) is 10.5. The Hall–Kier alpha value is -0.120. The zero-order valence-electron chi connectivity index (χ0n) is 10.5. The molecule has 0 spiro atoms. The van der Waals surface area contributed by atoms with Crippen molar-refractivity contribution in [2.75, 3.05) is 19.6 Å². The maximum atomic E-state index is 10.2. The second-order valence-electron chi connectivity index (χ2n) is 5.25. The first-order chi connectivity index (χ1) is 7.83. The van der Waals surface area contributed by atoms with Crippen LogP contribution in [0.25, 0.3) is 0 Å². The van der Waals surface area contributed by atoms with Gasteiger partial charge in [0.2, 0.25) is 0 Å². The molecule has 94 valence electrons.